The molecule has 0 amide bonds. The minimum absolute atomic E-state index is 1.18. The molecule has 0 fully saturated rings. The van der Waals surface area contributed by atoms with E-state index in [4.69, 9.17) is 0 Å². The van der Waals surface area contributed by atoms with Crippen LogP contribution in [-0.2, 0) is 0 Å². The summed E-state index contributed by atoms with van der Waals surface area (Å²) < 4.78 is 4.83. The topological polar surface area (TPSA) is 9.86 Å². The normalized spacial score (nSPS) is 12.0. The van der Waals surface area contributed by atoms with Crippen LogP contribution in [0.5, 0.6) is 0 Å². The van der Waals surface area contributed by atoms with Crippen LogP contribution >= 0.6 is 0 Å². The molecule has 2 nitrogen and oxygen atoms in total. The first kappa shape index (κ1) is 31.3. The van der Waals surface area contributed by atoms with E-state index in [2.05, 4.69) is 216 Å². The largest absolute Gasteiger partial charge is 0.309 e. The summed E-state index contributed by atoms with van der Waals surface area (Å²) in [7, 11) is -2.27. The van der Waals surface area contributed by atoms with Crippen molar-refractivity contribution in [3.05, 3.63) is 194 Å². The summed E-state index contributed by atoms with van der Waals surface area (Å²) >= 11 is 0. The van der Waals surface area contributed by atoms with Crippen LogP contribution < -0.4 is 10.4 Å². The van der Waals surface area contributed by atoms with E-state index < -0.39 is 8.07 Å². The Labute approximate surface area is 310 Å². The fraction of sp³-hybridized carbons (Fsp3) is 0.0400. The lowest BCUT2D eigenvalue weighted by Gasteiger charge is -2.29. The van der Waals surface area contributed by atoms with Gasteiger partial charge in [0.25, 0.3) is 0 Å². The summed E-state index contributed by atoms with van der Waals surface area (Å²) in [5, 5.41) is 7.99. The van der Waals surface area contributed by atoms with Gasteiger partial charge in [0.15, 0.2) is 0 Å². The van der Waals surface area contributed by atoms with Gasteiger partial charge in [-0.15, -0.1) is 0 Å². The summed E-state index contributed by atoms with van der Waals surface area (Å²) in [6.07, 6.45) is 0. The van der Waals surface area contributed by atoms with E-state index in [1.807, 2.05) is 0 Å². The van der Waals surface area contributed by atoms with Gasteiger partial charge in [-0.3, -0.25) is 0 Å². The Morgan fingerprint density at radius 1 is 0.321 bits per heavy atom. The molecule has 3 heteroatoms. The van der Waals surface area contributed by atoms with Gasteiger partial charge in [0.05, 0.1) is 22.1 Å². The summed E-state index contributed by atoms with van der Waals surface area (Å²) in [6.45, 7) is 5.02. The minimum atomic E-state index is -2.27. The van der Waals surface area contributed by atoms with Crippen molar-refractivity contribution in [2.24, 2.45) is 0 Å². The Morgan fingerprint density at radius 3 is 1.02 bits per heavy atom. The number of rotatable bonds is 6. The molecular weight excluding hydrogens is 657 g/mol. The maximum Gasteiger partial charge on any atom is 0.113 e. The van der Waals surface area contributed by atoms with Gasteiger partial charge >= 0.3 is 0 Å². The Balaban J connectivity index is 1.10. The second kappa shape index (κ2) is 12.4. The van der Waals surface area contributed by atoms with Crippen LogP contribution in [0.25, 0.3) is 77.2 Å². The molecule has 0 unspecified atom stereocenters. The third-order valence-corrected chi connectivity index (χ3v) is 14.8. The van der Waals surface area contributed by atoms with E-state index >= 15 is 0 Å². The Morgan fingerprint density at radius 2 is 0.642 bits per heavy atom. The van der Waals surface area contributed by atoms with E-state index in [9.17, 15) is 0 Å². The Hall–Kier alpha value is -6.42. The lowest BCUT2D eigenvalue weighted by Crippen LogP contribution is -2.54. The van der Waals surface area contributed by atoms with Crippen molar-refractivity contribution in [1.29, 1.82) is 0 Å². The van der Waals surface area contributed by atoms with Gasteiger partial charge in [-0.25, -0.2) is 0 Å². The second-order valence-electron chi connectivity index (χ2n) is 14.6. The smallest absolute Gasteiger partial charge is 0.113 e. The first-order valence-electron chi connectivity index (χ1n) is 18.4. The molecule has 8 aromatic carbocycles. The van der Waals surface area contributed by atoms with Crippen molar-refractivity contribution in [1.82, 2.24) is 9.13 Å². The number of aromatic nitrogens is 2. The molecule has 0 aliphatic heterocycles. The summed E-state index contributed by atoms with van der Waals surface area (Å²) in [6, 6.07) is 71.4. The molecule has 53 heavy (non-hydrogen) atoms. The van der Waals surface area contributed by atoms with Crippen LogP contribution in [0.2, 0.25) is 13.1 Å². The molecule has 10 aromatic rings. The zero-order valence-electron chi connectivity index (χ0n) is 29.9. The van der Waals surface area contributed by atoms with Crippen LogP contribution in [0.1, 0.15) is 0 Å². The van der Waals surface area contributed by atoms with Gasteiger partial charge in [-0.2, -0.15) is 0 Å². The highest BCUT2D eigenvalue weighted by molar-refractivity contribution is 7.02. The van der Waals surface area contributed by atoms with Crippen LogP contribution in [0.3, 0.4) is 0 Å². The first-order chi connectivity index (χ1) is 26.1. The number of para-hydroxylation sites is 4. The van der Waals surface area contributed by atoms with Crippen LogP contribution in [-0.4, -0.2) is 17.2 Å². The maximum atomic E-state index is 2.51. The van der Waals surface area contributed by atoms with E-state index in [1.165, 1.54) is 87.6 Å². The molecule has 0 N–H and O–H groups in total. The Kier molecular flexibility index (Phi) is 7.31. The highest BCUT2D eigenvalue weighted by Crippen LogP contribution is 2.35. The predicted molar refractivity (Wildman–Crippen MR) is 229 cm³/mol. The molecule has 252 valence electrons. The number of hydrogen-bond donors (Lipinski definition) is 0. The predicted octanol–water partition coefficient (Wildman–Crippen LogP) is 12.0. The molecule has 10 rings (SSSR count). The molecule has 0 bridgehead atoms. The van der Waals surface area contributed by atoms with Crippen molar-refractivity contribution in [3.63, 3.8) is 0 Å². The minimum Gasteiger partial charge on any atom is -0.309 e. The Bertz CT molecular complexity index is 2690. The van der Waals surface area contributed by atoms with Crippen molar-refractivity contribution >= 4 is 62.1 Å². The average molecular weight is 695 g/mol. The molecule has 0 saturated carbocycles. The van der Waals surface area contributed by atoms with Crippen molar-refractivity contribution in [2.75, 3.05) is 0 Å². The molecular formula is C50H38N2Si. The maximum absolute atomic E-state index is 2.51. The quantitative estimate of drug-likeness (QED) is 0.153. The molecule has 0 spiro atoms. The number of nitrogens with zero attached hydrogens (tertiary/aromatic N) is 2. The SMILES string of the molecule is C[Si](C)(c1ccccc1-c1cccc(-n2c3ccccc3c3ccccc32)c1)c1ccccc1-c1cccc(-n2c3ccccc3c3ccccc32)c1. The molecule has 0 radical (unpaired) electrons. The van der Waals surface area contributed by atoms with E-state index in [1.54, 1.807) is 0 Å². The number of fused-ring (bicyclic) bond motifs is 6. The third-order valence-electron chi connectivity index (χ3n) is 11.2. The second-order valence-corrected chi connectivity index (χ2v) is 18.9. The van der Waals surface area contributed by atoms with Crippen molar-refractivity contribution in [2.45, 2.75) is 13.1 Å². The average Bonchev–Trinajstić information content (AvgIpc) is 3.74. The molecule has 0 atom stereocenters. The van der Waals surface area contributed by atoms with Crippen LogP contribution in [0, 0.1) is 0 Å². The molecule has 0 saturated heterocycles. The van der Waals surface area contributed by atoms with E-state index in [0.29, 0.717) is 0 Å². The summed E-state index contributed by atoms with van der Waals surface area (Å²) in [5.41, 5.74) is 12.4. The third kappa shape index (κ3) is 5.00. The summed E-state index contributed by atoms with van der Waals surface area (Å²) in [5.74, 6) is 0. The van der Waals surface area contributed by atoms with E-state index in [0.717, 1.165) is 0 Å². The molecule has 2 heterocycles. The summed E-state index contributed by atoms with van der Waals surface area (Å²) in [4.78, 5) is 0. The fourth-order valence-corrected chi connectivity index (χ4v) is 11.8. The van der Waals surface area contributed by atoms with Gasteiger partial charge in [-0.05, 0) is 81.2 Å². The monoisotopic (exact) mass is 694 g/mol. The standard InChI is InChI=1S/C50H38N2Si/c1-53(2,49-31-13-7-21-39(49)35-17-15-19-37(33-35)51-45-27-9-3-23-41(45)42-24-4-10-28-46(42)51)50-32-14-8-22-40(50)36-18-16-20-38(34-36)52-47-29-11-5-25-43(47)44-26-6-12-30-48(44)52/h3-34H,1-2H3. The highest BCUT2D eigenvalue weighted by atomic mass is 28.3. The number of benzene rings is 8. The molecule has 0 aliphatic carbocycles. The molecule has 2 aromatic heterocycles. The first-order valence-corrected chi connectivity index (χ1v) is 21.4. The van der Waals surface area contributed by atoms with Gasteiger partial charge in [0.2, 0.25) is 0 Å². The zero-order chi connectivity index (χ0) is 35.5. The zero-order valence-corrected chi connectivity index (χ0v) is 30.9. The van der Waals surface area contributed by atoms with Crippen molar-refractivity contribution in [3.8, 4) is 33.6 Å². The highest BCUT2D eigenvalue weighted by Gasteiger charge is 2.31. The fourth-order valence-electron chi connectivity index (χ4n) is 8.73. The lowest BCUT2D eigenvalue weighted by molar-refractivity contribution is 1.18. The number of hydrogen-bond acceptors (Lipinski definition) is 0. The van der Waals surface area contributed by atoms with Crippen LogP contribution in [0.4, 0.5) is 0 Å². The lowest BCUT2D eigenvalue weighted by atomic mass is 10.0. The van der Waals surface area contributed by atoms with Crippen LogP contribution in [0.15, 0.2) is 194 Å². The van der Waals surface area contributed by atoms with Gasteiger partial charge in [0.1, 0.15) is 8.07 Å². The van der Waals surface area contributed by atoms with Gasteiger partial charge < -0.3 is 9.13 Å². The van der Waals surface area contributed by atoms with Gasteiger partial charge in [-0.1, -0.05) is 159 Å². The van der Waals surface area contributed by atoms with Gasteiger partial charge in [0, 0.05) is 32.9 Å². The van der Waals surface area contributed by atoms with E-state index in [-0.39, 0.29) is 0 Å². The van der Waals surface area contributed by atoms with Crippen molar-refractivity contribution < 1.29 is 0 Å². The molecule has 0 aliphatic rings.